The van der Waals surface area contributed by atoms with Crippen molar-refractivity contribution in [2.45, 2.75) is 38.8 Å². The van der Waals surface area contributed by atoms with Crippen LogP contribution in [0.3, 0.4) is 0 Å². The molecule has 1 aromatic carbocycles. The topological polar surface area (TPSA) is 12.0 Å². The van der Waals surface area contributed by atoms with Crippen LogP contribution in [0.5, 0.6) is 0 Å². The summed E-state index contributed by atoms with van der Waals surface area (Å²) in [5.74, 6) is 0.823. The lowest BCUT2D eigenvalue weighted by Crippen LogP contribution is -2.26. The van der Waals surface area contributed by atoms with Gasteiger partial charge in [0.15, 0.2) is 0 Å². The van der Waals surface area contributed by atoms with Gasteiger partial charge in [-0.2, -0.15) is 11.3 Å². The number of hydrogen-bond acceptors (Lipinski definition) is 2. The monoisotopic (exact) mass is 271 g/mol. The van der Waals surface area contributed by atoms with E-state index in [0.717, 1.165) is 5.92 Å². The van der Waals surface area contributed by atoms with E-state index in [2.05, 4.69) is 60.3 Å². The van der Waals surface area contributed by atoms with Gasteiger partial charge in [-0.1, -0.05) is 29.8 Å². The van der Waals surface area contributed by atoms with Gasteiger partial charge in [0.1, 0.15) is 0 Å². The van der Waals surface area contributed by atoms with Gasteiger partial charge in [-0.25, -0.2) is 0 Å². The van der Waals surface area contributed by atoms with E-state index in [0.29, 0.717) is 12.1 Å². The molecule has 1 heterocycles. The Morgan fingerprint density at radius 3 is 2.42 bits per heavy atom. The molecule has 1 saturated carbocycles. The zero-order valence-corrected chi connectivity index (χ0v) is 12.4. The number of thiophene rings is 1. The highest BCUT2D eigenvalue weighted by Crippen LogP contribution is 2.42. The summed E-state index contributed by atoms with van der Waals surface area (Å²) in [6, 6.07) is 12.2. The van der Waals surface area contributed by atoms with Gasteiger partial charge >= 0.3 is 0 Å². The SMILES string of the molecule is Cc1ccc(C(NC(C)c2ccsc2)C2CC2)cc1. The Kier molecular flexibility index (Phi) is 3.72. The summed E-state index contributed by atoms with van der Waals surface area (Å²) in [5.41, 5.74) is 4.18. The van der Waals surface area contributed by atoms with Crippen LogP contribution in [0.1, 0.15) is 48.5 Å². The normalized spacial score (nSPS) is 18.2. The maximum Gasteiger partial charge on any atom is 0.0353 e. The van der Waals surface area contributed by atoms with Crippen LogP contribution >= 0.6 is 11.3 Å². The van der Waals surface area contributed by atoms with E-state index in [1.54, 1.807) is 11.3 Å². The molecule has 3 rings (SSSR count). The standard InChI is InChI=1S/C17H21NS/c1-12-3-5-14(6-4-12)17(15-7-8-15)18-13(2)16-9-10-19-11-16/h3-6,9-11,13,15,17-18H,7-8H2,1-2H3. The van der Waals surface area contributed by atoms with Crippen LogP contribution in [0.25, 0.3) is 0 Å². The molecule has 100 valence electrons. The lowest BCUT2D eigenvalue weighted by Gasteiger charge is -2.23. The van der Waals surface area contributed by atoms with Crippen molar-refractivity contribution in [3.05, 3.63) is 57.8 Å². The summed E-state index contributed by atoms with van der Waals surface area (Å²) < 4.78 is 0. The highest BCUT2D eigenvalue weighted by Gasteiger charge is 2.33. The average Bonchev–Trinajstić information content (AvgIpc) is 3.10. The van der Waals surface area contributed by atoms with E-state index in [4.69, 9.17) is 0 Å². The molecule has 0 bridgehead atoms. The predicted octanol–water partition coefficient (Wildman–Crippen LogP) is 4.86. The first kappa shape index (κ1) is 12.9. The molecule has 2 heteroatoms. The van der Waals surface area contributed by atoms with Gasteiger partial charge in [-0.05, 0) is 60.6 Å². The lowest BCUT2D eigenvalue weighted by molar-refractivity contribution is 0.428. The first-order valence-corrected chi connectivity index (χ1v) is 8.03. The van der Waals surface area contributed by atoms with Gasteiger partial charge < -0.3 is 5.32 Å². The number of nitrogens with one attached hydrogen (secondary N) is 1. The van der Waals surface area contributed by atoms with Crippen LogP contribution in [0.15, 0.2) is 41.1 Å². The molecule has 0 aliphatic heterocycles. The molecule has 1 N–H and O–H groups in total. The minimum atomic E-state index is 0.429. The van der Waals surface area contributed by atoms with E-state index in [-0.39, 0.29) is 0 Å². The van der Waals surface area contributed by atoms with E-state index < -0.39 is 0 Å². The maximum atomic E-state index is 3.82. The number of rotatable bonds is 5. The zero-order valence-electron chi connectivity index (χ0n) is 11.6. The summed E-state index contributed by atoms with van der Waals surface area (Å²) in [7, 11) is 0. The summed E-state index contributed by atoms with van der Waals surface area (Å²) in [6.45, 7) is 4.42. The molecule has 1 aromatic heterocycles. The summed E-state index contributed by atoms with van der Waals surface area (Å²) in [4.78, 5) is 0. The second-order valence-electron chi connectivity index (χ2n) is 5.67. The van der Waals surface area contributed by atoms with Gasteiger partial charge in [-0.3, -0.25) is 0 Å². The molecule has 2 aromatic rings. The molecule has 1 aliphatic rings. The van der Waals surface area contributed by atoms with Crippen LogP contribution in [0, 0.1) is 12.8 Å². The molecule has 0 amide bonds. The van der Waals surface area contributed by atoms with Crippen molar-refractivity contribution in [1.29, 1.82) is 0 Å². The Hall–Kier alpha value is -1.12. The molecule has 1 nitrogen and oxygen atoms in total. The third-order valence-electron chi connectivity index (χ3n) is 4.00. The van der Waals surface area contributed by atoms with Crippen molar-refractivity contribution >= 4 is 11.3 Å². The van der Waals surface area contributed by atoms with Crippen molar-refractivity contribution in [1.82, 2.24) is 5.32 Å². The van der Waals surface area contributed by atoms with Crippen molar-refractivity contribution in [2.75, 3.05) is 0 Å². The van der Waals surface area contributed by atoms with E-state index in [1.807, 2.05) is 0 Å². The van der Waals surface area contributed by atoms with Crippen LogP contribution in [-0.4, -0.2) is 0 Å². The molecule has 1 fully saturated rings. The molecule has 1 aliphatic carbocycles. The number of benzene rings is 1. The predicted molar refractivity (Wildman–Crippen MR) is 82.5 cm³/mol. The van der Waals surface area contributed by atoms with Gasteiger partial charge in [0.2, 0.25) is 0 Å². The minimum Gasteiger partial charge on any atom is -0.303 e. The van der Waals surface area contributed by atoms with Crippen LogP contribution in [-0.2, 0) is 0 Å². The van der Waals surface area contributed by atoms with Crippen molar-refractivity contribution in [2.24, 2.45) is 5.92 Å². The van der Waals surface area contributed by atoms with Crippen LogP contribution in [0.4, 0.5) is 0 Å². The van der Waals surface area contributed by atoms with Crippen molar-refractivity contribution in [3.63, 3.8) is 0 Å². The smallest absolute Gasteiger partial charge is 0.0353 e. The second-order valence-corrected chi connectivity index (χ2v) is 6.45. The molecule has 2 atom stereocenters. The largest absolute Gasteiger partial charge is 0.303 e. The Balaban J connectivity index is 1.76. The van der Waals surface area contributed by atoms with E-state index >= 15 is 0 Å². The first-order valence-electron chi connectivity index (χ1n) is 7.09. The molecule has 0 spiro atoms. The number of aryl methyl sites for hydroxylation is 1. The fourth-order valence-corrected chi connectivity index (χ4v) is 3.35. The van der Waals surface area contributed by atoms with E-state index in [1.165, 1.54) is 29.5 Å². The van der Waals surface area contributed by atoms with Crippen LogP contribution in [0.2, 0.25) is 0 Å². The average molecular weight is 271 g/mol. The summed E-state index contributed by atoms with van der Waals surface area (Å²) in [6.07, 6.45) is 2.73. The number of hydrogen-bond donors (Lipinski definition) is 1. The highest BCUT2D eigenvalue weighted by atomic mass is 32.1. The summed E-state index contributed by atoms with van der Waals surface area (Å²) in [5, 5.41) is 8.23. The van der Waals surface area contributed by atoms with Gasteiger partial charge in [-0.15, -0.1) is 0 Å². The van der Waals surface area contributed by atoms with Crippen LogP contribution < -0.4 is 5.32 Å². The Morgan fingerprint density at radius 2 is 1.84 bits per heavy atom. The molecule has 0 saturated heterocycles. The zero-order chi connectivity index (χ0) is 13.2. The Morgan fingerprint density at radius 1 is 1.11 bits per heavy atom. The molecule has 2 unspecified atom stereocenters. The van der Waals surface area contributed by atoms with E-state index in [9.17, 15) is 0 Å². The molecule has 0 radical (unpaired) electrons. The lowest BCUT2D eigenvalue weighted by atomic mass is 9.99. The van der Waals surface area contributed by atoms with Crippen molar-refractivity contribution < 1.29 is 0 Å². The third kappa shape index (κ3) is 3.07. The van der Waals surface area contributed by atoms with Gasteiger partial charge in [0, 0.05) is 12.1 Å². The maximum absolute atomic E-state index is 3.82. The third-order valence-corrected chi connectivity index (χ3v) is 4.70. The van der Waals surface area contributed by atoms with Gasteiger partial charge in [0.25, 0.3) is 0 Å². The molecular weight excluding hydrogens is 250 g/mol. The minimum absolute atomic E-state index is 0.429. The summed E-state index contributed by atoms with van der Waals surface area (Å²) >= 11 is 1.78. The fourth-order valence-electron chi connectivity index (χ4n) is 2.59. The highest BCUT2D eigenvalue weighted by molar-refractivity contribution is 7.07. The second kappa shape index (κ2) is 5.48. The first-order chi connectivity index (χ1) is 9.24. The van der Waals surface area contributed by atoms with Gasteiger partial charge in [0.05, 0.1) is 0 Å². The Labute approximate surface area is 119 Å². The molecule has 19 heavy (non-hydrogen) atoms. The molecular formula is C17H21NS. The Bertz CT molecular complexity index is 511. The fraction of sp³-hybridized carbons (Fsp3) is 0.412. The van der Waals surface area contributed by atoms with Crippen molar-refractivity contribution in [3.8, 4) is 0 Å². The quantitative estimate of drug-likeness (QED) is 0.819.